The molecule has 0 saturated heterocycles. The van der Waals surface area contributed by atoms with E-state index in [1.165, 1.54) is 12.1 Å². The summed E-state index contributed by atoms with van der Waals surface area (Å²) in [5.41, 5.74) is 1.30. The van der Waals surface area contributed by atoms with Crippen LogP contribution in [0, 0.1) is 6.92 Å². The second kappa shape index (κ2) is 13.6. The summed E-state index contributed by atoms with van der Waals surface area (Å²) in [5, 5.41) is 4.83. The van der Waals surface area contributed by atoms with Gasteiger partial charge in [-0.25, -0.2) is 0 Å². The number of hydrogen-bond donors (Lipinski definition) is 2. The highest BCUT2D eigenvalue weighted by Gasteiger charge is 2.33. The van der Waals surface area contributed by atoms with Gasteiger partial charge in [-0.2, -0.15) is 13.2 Å². The zero-order valence-corrected chi connectivity index (χ0v) is 22.4. The lowest BCUT2D eigenvalue weighted by molar-refractivity contribution is -0.147. The molecule has 0 fully saturated rings. The van der Waals surface area contributed by atoms with E-state index in [-0.39, 0.29) is 25.2 Å². The molecule has 2 amide bonds. The number of halogens is 3. The SMILES string of the molecule is Cc1ccc(C(C)C)c(Oc2ccc(NC(=O)CCCC(=O)OCC(=O)Nc3ccccc3C(F)(F)F)cc2)c1. The maximum absolute atomic E-state index is 13.0. The zero-order valence-electron chi connectivity index (χ0n) is 22.4. The number of amides is 2. The quantitative estimate of drug-likeness (QED) is 0.243. The smallest absolute Gasteiger partial charge is 0.418 e. The molecule has 0 aliphatic carbocycles. The van der Waals surface area contributed by atoms with E-state index < -0.39 is 35.9 Å². The summed E-state index contributed by atoms with van der Waals surface area (Å²) in [6, 6.07) is 17.5. The highest BCUT2D eigenvalue weighted by molar-refractivity contribution is 5.94. The van der Waals surface area contributed by atoms with Crippen molar-refractivity contribution in [3.8, 4) is 11.5 Å². The Morgan fingerprint density at radius 2 is 1.57 bits per heavy atom. The van der Waals surface area contributed by atoms with Crippen LogP contribution in [-0.4, -0.2) is 24.4 Å². The third-order valence-corrected chi connectivity index (χ3v) is 5.81. The van der Waals surface area contributed by atoms with E-state index in [0.29, 0.717) is 17.4 Å². The highest BCUT2D eigenvalue weighted by Crippen LogP contribution is 2.34. The van der Waals surface area contributed by atoms with Crippen molar-refractivity contribution in [2.75, 3.05) is 17.2 Å². The van der Waals surface area contributed by atoms with Crippen LogP contribution < -0.4 is 15.4 Å². The van der Waals surface area contributed by atoms with E-state index in [2.05, 4.69) is 24.5 Å². The maximum atomic E-state index is 13.0. The van der Waals surface area contributed by atoms with Gasteiger partial charge in [-0.1, -0.05) is 38.1 Å². The van der Waals surface area contributed by atoms with Crippen LogP contribution in [-0.2, 0) is 25.3 Å². The topological polar surface area (TPSA) is 93.7 Å². The molecular formula is C30H31F3N2O5. The van der Waals surface area contributed by atoms with E-state index in [1.807, 2.05) is 25.1 Å². The van der Waals surface area contributed by atoms with Crippen LogP contribution in [0.2, 0.25) is 0 Å². The molecule has 0 bridgehead atoms. The Morgan fingerprint density at radius 1 is 0.875 bits per heavy atom. The Bertz CT molecular complexity index is 1340. The number of alkyl halides is 3. The van der Waals surface area contributed by atoms with Crippen LogP contribution >= 0.6 is 0 Å². The predicted molar refractivity (Wildman–Crippen MR) is 145 cm³/mol. The van der Waals surface area contributed by atoms with Crippen molar-refractivity contribution in [1.29, 1.82) is 0 Å². The van der Waals surface area contributed by atoms with Crippen LogP contribution in [0.5, 0.6) is 11.5 Å². The van der Waals surface area contributed by atoms with Crippen molar-refractivity contribution in [2.24, 2.45) is 0 Å². The van der Waals surface area contributed by atoms with Crippen molar-refractivity contribution in [2.45, 2.75) is 52.1 Å². The van der Waals surface area contributed by atoms with Crippen LogP contribution in [0.1, 0.15) is 55.7 Å². The molecule has 0 spiro atoms. The van der Waals surface area contributed by atoms with Gasteiger partial charge in [0.15, 0.2) is 6.61 Å². The molecule has 3 aromatic carbocycles. The number of aryl methyl sites for hydroxylation is 1. The first-order valence-corrected chi connectivity index (χ1v) is 12.7. The maximum Gasteiger partial charge on any atom is 0.418 e. The van der Waals surface area contributed by atoms with Crippen LogP contribution in [0.15, 0.2) is 66.7 Å². The van der Waals surface area contributed by atoms with Crippen molar-refractivity contribution in [1.82, 2.24) is 0 Å². The Kier molecular flexibility index (Phi) is 10.3. The molecule has 0 heterocycles. The molecule has 40 heavy (non-hydrogen) atoms. The number of ether oxygens (including phenoxy) is 2. The molecule has 3 aromatic rings. The number of para-hydroxylation sites is 1. The minimum atomic E-state index is -4.64. The fourth-order valence-corrected chi connectivity index (χ4v) is 3.80. The fraction of sp³-hybridized carbons (Fsp3) is 0.300. The molecule has 7 nitrogen and oxygen atoms in total. The minimum absolute atomic E-state index is 0.0273. The third-order valence-electron chi connectivity index (χ3n) is 5.81. The van der Waals surface area contributed by atoms with E-state index >= 15 is 0 Å². The average molecular weight is 557 g/mol. The molecule has 0 radical (unpaired) electrons. The van der Waals surface area contributed by atoms with Gasteiger partial charge in [0.25, 0.3) is 5.91 Å². The van der Waals surface area contributed by atoms with E-state index in [0.717, 1.165) is 29.0 Å². The summed E-state index contributed by atoms with van der Waals surface area (Å²) in [7, 11) is 0. The lowest BCUT2D eigenvalue weighted by atomic mass is 10.0. The van der Waals surface area contributed by atoms with E-state index in [9.17, 15) is 27.6 Å². The van der Waals surface area contributed by atoms with Gasteiger partial charge < -0.3 is 20.1 Å². The second-order valence-corrected chi connectivity index (χ2v) is 9.48. The van der Waals surface area contributed by atoms with Gasteiger partial charge in [0.05, 0.1) is 11.3 Å². The first-order valence-electron chi connectivity index (χ1n) is 12.7. The number of hydrogen-bond acceptors (Lipinski definition) is 5. The Morgan fingerprint density at radius 3 is 2.25 bits per heavy atom. The number of esters is 1. The normalized spacial score (nSPS) is 11.2. The summed E-state index contributed by atoms with van der Waals surface area (Å²) in [4.78, 5) is 36.1. The Balaban J connectivity index is 1.39. The molecule has 0 saturated carbocycles. The van der Waals surface area contributed by atoms with Gasteiger partial charge in [-0.05, 0) is 72.9 Å². The van der Waals surface area contributed by atoms with Crippen LogP contribution in [0.3, 0.4) is 0 Å². The largest absolute Gasteiger partial charge is 0.457 e. The summed E-state index contributed by atoms with van der Waals surface area (Å²) in [6.07, 6.45) is -4.59. The van der Waals surface area contributed by atoms with Crippen molar-refractivity contribution in [3.05, 3.63) is 83.4 Å². The minimum Gasteiger partial charge on any atom is -0.457 e. The molecule has 10 heteroatoms. The number of benzene rings is 3. The second-order valence-electron chi connectivity index (χ2n) is 9.48. The van der Waals surface area contributed by atoms with Gasteiger partial charge in [0, 0.05) is 18.5 Å². The molecule has 212 valence electrons. The van der Waals surface area contributed by atoms with Crippen LogP contribution in [0.25, 0.3) is 0 Å². The monoisotopic (exact) mass is 556 g/mol. The van der Waals surface area contributed by atoms with Gasteiger partial charge >= 0.3 is 12.1 Å². The molecule has 2 N–H and O–H groups in total. The summed E-state index contributed by atoms with van der Waals surface area (Å²) < 4.78 is 50.0. The van der Waals surface area contributed by atoms with Gasteiger partial charge in [-0.3, -0.25) is 14.4 Å². The van der Waals surface area contributed by atoms with Crippen molar-refractivity contribution >= 4 is 29.2 Å². The number of carbonyl (C=O) groups excluding carboxylic acids is 3. The van der Waals surface area contributed by atoms with Gasteiger partial charge in [0.2, 0.25) is 5.91 Å². The summed E-state index contributed by atoms with van der Waals surface area (Å²) in [6.45, 7) is 5.43. The predicted octanol–water partition coefficient (Wildman–Crippen LogP) is 7.22. The molecule has 0 aliphatic rings. The molecule has 0 aliphatic heterocycles. The lowest BCUT2D eigenvalue weighted by Crippen LogP contribution is -2.22. The molecular weight excluding hydrogens is 525 g/mol. The number of carbonyl (C=O) groups is 3. The molecule has 0 unspecified atom stereocenters. The van der Waals surface area contributed by atoms with Crippen molar-refractivity contribution < 1.29 is 37.0 Å². The average Bonchev–Trinajstić information content (AvgIpc) is 2.88. The Hall–Kier alpha value is -4.34. The molecule has 0 aromatic heterocycles. The number of nitrogens with one attached hydrogen (secondary N) is 2. The lowest BCUT2D eigenvalue weighted by Gasteiger charge is -2.15. The zero-order chi connectivity index (χ0) is 29.3. The highest BCUT2D eigenvalue weighted by atomic mass is 19.4. The van der Waals surface area contributed by atoms with Gasteiger partial charge in [-0.15, -0.1) is 0 Å². The standard InChI is InChI=1S/C30H31F3N2O5/c1-19(2)23-16-11-20(3)17-26(23)40-22-14-12-21(13-15-22)34-27(36)9-6-10-29(38)39-18-28(37)35-25-8-5-4-7-24(25)30(31,32)33/h4-5,7-8,11-17,19H,6,9-10,18H2,1-3H3,(H,34,36)(H,35,37). The number of anilines is 2. The molecule has 3 rings (SSSR count). The Labute approximate surface area is 230 Å². The summed E-state index contributed by atoms with van der Waals surface area (Å²) >= 11 is 0. The number of rotatable bonds is 11. The van der Waals surface area contributed by atoms with Crippen molar-refractivity contribution in [3.63, 3.8) is 0 Å². The van der Waals surface area contributed by atoms with E-state index in [4.69, 9.17) is 9.47 Å². The first kappa shape index (κ1) is 30.2. The summed E-state index contributed by atoms with van der Waals surface area (Å²) in [5.74, 6) is -0.266. The van der Waals surface area contributed by atoms with E-state index in [1.54, 1.807) is 24.3 Å². The molecule has 0 atom stereocenters. The third kappa shape index (κ3) is 9.14. The first-order chi connectivity index (χ1) is 18.9. The van der Waals surface area contributed by atoms with Crippen LogP contribution in [0.4, 0.5) is 24.5 Å². The fourth-order valence-electron chi connectivity index (χ4n) is 3.80. The van der Waals surface area contributed by atoms with Gasteiger partial charge in [0.1, 0.15) is 11.5 Å².